The van der Waals surface area contributed by atoms with Crippen molar-refractivity contribution in [2.75, 3.05) is 13.1 Å². The van der Waals surface area contributed by atoms with Crippen molar-refractivity contribution in [1.29, 1.82) is 0 Å². The molecule has 12 heteroatoms. The minimum Gasteiger partial charge on any atom is -0.316 e. The molecule has 4 heterocycles. The molecule has 1 fully saturated rings. The standard InChI is InChI=1S/C31H28F3N5O3S/c1-21-15-26-23(18-35-39(26)24-11-12-29(40)37(2)19-24)16-25(21)30(17-22-7-4-3-5-8-22)13-14-38(20-30)43(41,42)28-10-6-9-27(36-28)31(32,33)34/h3-12,15-16,18-19H,13-14,17,20H2,1-2H3. The molecule has 0 aliphatic carbocycles. The van der Waals surface area contributed by atoms with E-state index < -0.39 is 32.3 Å². The highest BCUT2D eigenvalue weighted by Crippen LogP contribution is 2.43. The van der Waals surface area contributed by atoms with Gasteiger partial charge in [0.2, 0.25) is 5.56 Å². The van der Waals surface area contributed by atoms with Gasteiger partial charge in [-0.05, 0) is 66.8 Å². The van der Waals surface area contributed by atoms with Crippen molar-refractivity contribution in [3.63, 3.8) is 0 Å². The molecule has 1 aliphatic heterocycles. The van der Waals surface area contributed by atoms with E-state index in [0.29, 0.717) is 12.8 Å². The Kier molecular flexibility index (Phi) is 7.01. The van der Waals surface area contributed by atoms with Crippen molar-refractivity contribution in [1.82, 2.24) is 23.6 Å². The Bertz CT molecular complexity index is 2010. The van der Waals surface area contributed by atoms with Gasteiger partial charge in [-0.15, -0.1) is 0 Å². The topological polar surface area (TPSA) is 90.1 Å². The fraction of sp³-hybridized carbons (Fsp3) is 0.258. The summed E-state index contributed by atoms with van der Waals surface area (Å²) in [5.74, 6) is 0. The number of benzene rings is 2. The van der Waals surface area contributed by atoms with Crippen molar-refractivity contribution < 1.29 is 21.6 Å². The molecule has 3 aromatic heterocycles. The van der Waals surface area contributed by atoms with Gasteiger partial charge in [0.15, 0.2) is 5.03 Å². The normalized spacial score (nSPS) is 18.0. The number of alkyl halides is 3. The summed E-state index contributed by atoms with van der Waals surface area (Å²) >= 11 is 0. The van der Waals surface area contributed by atoms with Gasteiger partial charge in [-0.2, -0.15) is 22.6 Å². The third-order valence-corrected chi connectivity index (χ3v) is 9.87. The SMILES string of the molecule is Cc1cc2c(cnn2-c2ccc(=O)n(C)c2)cc1C1(Cc2ccccc2)CCN(S(=O)(=O)c2cccc(C(F)(F)F)n2)C1. The van der Waals surface area contributed by atoms with Gasteiger partial charge < -0.3 is 4.57 Å². The summed E-state index contributed by atoms with van der Waals surface area (Å²) in [7, 11) is -2.64. The maximum Gasteiger partial charge on any atom is 0.433 e. The highest BCUT2D eigenvalue weighted by molar-refractivity contribution is 7.89. The first-order chi connectivity index (χ1) is 20.4. The Balaban J connectivity index is 1.43. The van der Waals surface area contributed by atoms with E-state index in [1.807, 2.05) is 49.4 Å². The molecule has 222 valence electrons. The third kappa shape index (κ3) is 5.25. The maximum absolute atomic E-state index is 13.7. The average Bonchev–Trinajstić information content (AvgIpc) is 3.59. The van der Waals surface area contributed by atoms with Crippen molar-refractivity contribution in [2.45, 2.75) is 36.4 Å². The summed E-state index contributed by atoms with van der Waals surface area (Å²) < 4.78 is 71.8. The zero-order valence-corrected chi connectivity index (χ0v) is 24.2. The van der Waals surface area contributed by atoms with E-state index in [0.717, 1.165) is 51.5 Å². The molecule has 0 saturated carbocycles. The summed E-state index contributed by atoms with van der Waals surface area (Å²) in [5, 5.41) is 4.78. The monoisotopic (exact) mass is 607 g/mol. The van der Waals surface area contributed by atoms with Crippen molar-refractivity contribution in [3.05, 3.63) is 118 Å². The summed E-state index contributed by atoms with van der Waals surface area (Å²) in [6.07, 6.45) is -0.344. The largest absolute Gasteiger partial charge is 0.433 e. The summed E-state index contributed by atoms with van der Waals surface area (Å²) in [5.41, 5.74) is 2.38. The number of nitrogens with zero attached hydrogens (tertiary/aromatic N) is 5. The zero-order chi connectivity index (χ0) is 30.6. The van der Waals surface area contributed by atoms with Gasteiger partial charge >= 0.3 is 6.18 Å². The second kappa shape index (κ2) is 10.5. The smallest absolute Gasteiger partial charge is 0.316 e. The molecule has 1 aliphatic rings. The molecule has 1 saturated heterocycles. The number of hydrogen-bond donors (Lipinski definition) is 0. The quantitative estimate of drug-likeness (QED) is 0.271. The predicted octanol–water partition coefficient (Wildman–Crippen LogP) is 5.02. The third-order valence-electron chi connectivity index (χ3n) is 8.12. The fourth-order valence-corrected chi connectivity index (χ4v) is 7.47. The van der Waals surface area contributed by atoms with E-state index in [2.05, 4.69) is 10.1 Å². The van der Waals surface area contributed by atoms with Gasteiger partial charge in [0, 0.05) is 43.2 Å². The van der Waals surface area contributed by atoms with E-state index in [4.69, 9.17) is 0 Å². The van der Waals surface area contributed by atoms with Gasteiger partial charge in [-0.3, -0.25) is 4.79 Å². The minimum atomic E-state index is -4.76. The summed E-state index contributed by atoms with van der Waals surface area (Å²) in [4.78, 5) is 15.4. The summed E-state index contributed by atoms with van der Waals surface area (Å²) in [6.45, 7) is 2.16. The van der Waals surface area contributed by atoms with Crippen molar-refractivity contribution in [2.24, 2.45) is 7.05 Å². The first kappa shape index (κ1) is 28.8. The average molecular weight is 608 g/mol. The Morgan fingerprint density at radius 3 is 2.49 bits per heavy atom. The second-order valence-electron chi connectivity index (χ2n) is 11.0. The van der Waals surface area contributed by atoms with Crippen molar-refractivity contribution >= 4 is 20.9 Å². The molecular weight excluding hydrogens is 579 g/mol. The lowest BCUT2D eigenvalue weighted by atomic mass is 9.73. The molecule has 8 nitrogen and oxygen atoms in total. The van der Waals surface area contributed by atoms with Gasteiger partial charge in [0.25, 0.3) is 10.0 Å². The van der Waals surface area contributed by atoms with E-state index in [1.54, 1.807) is 30.2 Å². The highest BCUT2D eigenvalue weighted by atomic mass is 32.2. The molecule has 0 radical (unpaired) electrons. The van der Waals surface area contributed by atoms with Crippen LogP contribution in [0, 0.1) is 6.92 Å². The molecule has 5 aromatic rings. The highest BCUT2D eigenvalue weighted by Gasteiger charge is 2.46. The number of halogens is 3. The number of aromatic nitrogens is 4. The Morgan fingerprint density at radius 2 is 1.77 bits per heavy atom. The van der Waals surface area contributed by atoms with Gasteiger partial charge in [-0.25, -0.2) is 18.1 Å². The minimum absolute atomic E-state index is 0.0729. The molecule has 1 atom stereocenters. The molecule has 43 heavy (non-hydrogen) atoms. The Labute approximate surface area is 246 Å². The van der Waals surface area contributed by atoms with E-state index >= 15 is 0 Å². The molecular formula is C31H28F3N5O3S. The fourth-order valence-electron chi connectivity index (χ4n) is 5.99. The second-order valence-corrected chi connectivity index (χ2v) is 12.9. The molecule has 6 rings (SSSR count). The molecule has 2 aromatic carbocycles. The van der Waals surface area contributed by atoms with E-state index in [-0.39, 0.29) is 18.6 Å². The lowest BCUT2D eigenvalue weighted by Gasteiger charge is -2.32. The molecule has 0 spiro atoms. The lowest BCUT2D eigenvalue weighted by Crippen LogP contribution is -2.37. The van der Waals surface area contributed by atoms with Crippen LogP contribution in [0.4, 0.5) is 13.2 Å². The first-order valence-electron chi connectivity index (χ1n) is 13.6. The number of fused-ring (bicyclic) bond motifs is 1. The molecule has 1 unspecified atom stereocenters. The Hall–Kier alpha value is -4.29. The molecule has 0 bridgehead atoms. The zero-order valence-electron chi connectivity index (χ0n) is 23.4. The van der Waals surface area contributed by atoms with Crippen LogP contribution >= 0.6 is 0 Å². The number of sulfonamides is 1. The number of aryl methyl sites for hydroxylation is 2. The number of pyridine rings is 2. The van der Waals surface area contributed by atoms with Crippen LogP contribution in [0.15, 0.2) is 95.0 Å². The van der Waals surface area contributed by atoms with Crippen LogP contribution in [0.5, 0.6) is 0 Å². The van der Waals surface area contributed by atoms with Crippen LogP contribution < -0.4 is 5.56 Å². The first-order valence-corrected chi connectivity index (χ1v) is 15.1. The molecule has 0 amide bonds. The van der Waals surface area contributed by atoms with Crippen molar-refractivity contribution in [3.8, 4) is 5.69 Å². The van der Waals surface area contributed by atoms with Gasteiger partial charge in [0.05, 0.1) is 17.4 Å². The molecule has 0 N–H and O–H groups in total. The van der Waals surface area contributed by atoms with E-state index in [1.165, 1.54) is 14.9 Å². The maximum atomic E-state index is 13.7. The summed E-state index contributed by atoms with van der Waals surface area (Å²) in [6, 6.07) is 19.9. The van der Waals surface area contributed by atoms with Crippen LogP contribution in [-0.2, 0) is 35.1 Å². The van der Waals surface area contributed by atoms with Crippen LogP contribution in [0.1, 0.15) is 28.8 Å². The van der Waals surface area contributed by atoms with Gasteiger partial charge in [-0.1, -0.05) is 36.4 Å². The van der Waals surface area contributed by atoms with Gasteiger partial charge in [0.1, 0.15) is 5.69 Å². The number of rotatable bonds is 6. The lowest BCUT2D eigenvalue weighted by molar-refractivity contribution is -0.141. The number of hydrogen-bond acceptors (Lipinski definition) is 5. The van der Waals surface area contributed by atoms with E-state index in [9.17, 15) is 26.4 Å². The predicted molar refractivity (Wildman–Crippen MR) is 155 cm³/mol. The van der Waals surface area contributed by atoms with Crippen LogP contribution in [0.2, 0.25) is 0 Å². The van der Waals surface area contributed by atoms with Crippen LogP contribution in [0.3, 0.4) is 0 Å². The van der Waals surface area contributed by atoms with Crippen LogP contribution in [-0.4, -0.2) is 45.1 Å². The van der Waals surface area contributed by atoms with Crippen LogP contribution in [0.25, 0.3) is 16.6 Å². The Morgan fingerprint density at radius 1 is 1.00 bits per heavy atom.